The molecule has 0 aromatic heterocycles. The fourth-order valence-electron chi connectivity index (χ4n) is 1.54. The van der Waals surface area contributed by atoms with Crippen LogP contribution in [0.3, 0.4) is 0 Å². The number of rotatable bonds is 1. The second-order valence-corrected chi connectivity index (χ2v) is 4.82. The summed E-state index contributed by atoms with van der Waals surface area (Å²) < 4.78 is 26.0. The molecule has 0 atom stereocenters. The molecule has 0 aliphatic carbocycles. The molecule has 0 radical (unpaired) electrons. The van der Waals surface area contributed by atoms with Gasteiger partial charge in [-0.2, -0.15) is 0 Å². The number of anilines is 1. The Bertz CT molecular complexity index is 497. The molecule has 0 saturated heterocycles. The van der Waals surface area contributed by atoms with Crippen LogP contribution in [0.15, 0.2) is 30.5 Å². The Labute approximate surface area is 104 Å². The maximum absolute atomic E-state index is 13.1. The second kappa shape index (κ2) is 4.07. The second-order valence-electron chi connectivity index (χ2n) is 4.44. The number of nitrogens with one attached hydrogen (secondary N) is 1. The van der Waals surface area contributed by atoms with Crippen LogP contribution in [0.5, 0.6) is 0 Å². The highest BCUT2D eigenvalue weighted by Crippen LogP contribution is 2.22. The third-order valence-corrected chi connectivity index (χ3v) is 2.77. The Morgan fingerprint density at radius 1 is 1.24 bits per heavy atom. The Morgan fingerprint density at radius 2 is 1.94 bits per heavy atom. The number of hydrogen-bond donors (Lipinski definition) is 1. The van der Waals surface area contributed by atoms with Crippen LogP contribution in [0.25, 0.3) is 0 Å². The number of thiocarbonyl (C=S) groups is 1. The van der Waals surface area contributed by atoms with Gasteiger partial charge < -0.3 is 5.32 Å². The number of benzene rings is 1. The van der Waals surface area contributed by atoms with Crippen molar-refractivity contribution in [1.82, 2.24) is 5.32 Å². The van der Waals surface area contributed by atoms with E-state index in [1.54, 1.807) is 11.1 Å². The zero-order chi connectivity index (χ0) is 12.6. The van der Waals surface area contributed by atoms with Gasteiger partial charge in [-0.3, -0.25) is 4.90 Å². The van der Waals surface area contributed by atoms with E-state index in [4.69, 9.17) is 12.2 Å². The average molecular weight is 254 g/mol. The Morgan fingerprint density at radius 3 is 2.53 bits per heavy atom. The lowest BCUT2D eigenvalue weighted by Gasteiger charge is -2.34. The van der Waals surface area contributed by atoms with Crippen LogP contribution in [0.4, 0.5) is 14.5 Å². The quantitative estimate of drug-likeness (QED) is 0.776. The van der Waals surface area contributed by atoms with Gasteiger partial charge in [0.2, 0.25) is 0 Å². The van der Waals surface area contributed by atoms with Gasteiger partial charge in [-0.15, -0.1) is 0 Å². The van der Waals surface area contributed by atoms with E-state index in [0.717, 1.165) is 12.1 Å². The van der Waals surface area contributed by atoms with Crippen molar-refractivity contribution in [2.24, 2.45) is 0 Å². The van der Waals surface area contributed by atoms with Crippen molar-refractivity contribution >= 4 is 23.0 Å². The molecule has 90 valence electrons. The third-order valence-electron chi connectivity index (χ3n) is 2.47. The van der Waals surface area contributed by atoms with E-state index >= 15 is 0 Å². The highest BCUT2D eigenvalue weighted by molar-refractivity contribution is 7.80. The van der Waals surface area contributed by atoms with Gasteiger partial charge >= 0.3 is 0 Å². The van der Waals surface area contributed by atoms with Crippen molar-refractivity contribution in [2.75, 3.05) is 4.90 Å². The van der Waals surface area contributed by atoms with E-state index in [0.29, 0.717) is 10.8 Å². The molecule has 0 fully saturated rings. The minimum Gasteiger partial charge on any atom is -0.354 e. The Hall–Kier alpha value is -1.49. The SMILES string of the molecule is CC1(C)C=CN(c2ccc(F)c(F)c2)C(=S)N1. The minimum atomic E-state index is -0.886. The largest absolute Gasteiger partial charge is 0.354 e. The lowest BCUT2D eigenvalue weighted by molar-refractivity contribution is 0.508. The molecule has 1 N–H and O–H groups in total. The smallest absolute Gasteiger partial charge is 0.178 e. The standard InChI is InChI=1S/C12H12F2N2S/c1-12(2)5-6-16(11(17)15-12)8-3-4-9(13)10(14)7-8/h3-7H,1-2H3,(H,15,17). The molecule has 0 unspecified atom stereocenters. The third kappa shape index (κ3) is 2.44. The first-order valence-electron chi connectivity index (χ1n) is 5.15. The van der Waals surface area contributed by atoms with Gasteiger partial charge in [0.1, 0.15) is 0 Å². The lowest BCUT2D eigenvalue weighted by Crippen LogP contribution is -2.51. The molecular formula is C12H12F2N2S. The summed E-state index contributed by atoms with van der Waals surface area (Å²) in [7, 11) is 0. The van der Waals surface area contributed by atoms with Crippen molar-refractivity contribution < 1.29 is 8.78 Å². The molecule has 1 heterocycles. The molecule has 1 aliphatic rings. The van der Waals surface area contributed by atoms with E-state index in [2.05, 4.69) is 5.32 Å². The van der Waals surface area contributed by atoms with Crippen LogP contribution in [0.2, 0.25) is 0 Å². The first kappa shape index (κ1) is 12.0. The number of halogens is 2. The van der Waals surface area contributed by atoms with E-state index in [-0.39, 0.29) is 5.54 Å². The zero-order valence-corrected chi connectivity index (χ0v) is 10.3. The molecule has 0 bridgehead atoms. The van der Waals surface area contributed by atoms with Crippen LogP contribution < -0.4 is 10.2 Å². The van der Waals surface area contributed by atoms with Crippen molar-refractivity contribution in [3.63, 3.8) is 0 Å². The van der Waals surface area contributed by atoms with Crippen molar-refractivity contribution in [2.45, 2.75) is 19.4 Å². The van der Waals surface area contributed by atoms with Crippen LogP contribution in [-0.4, -0.2) is 10.7 Å². The molecule has 1 aromatic carbocycles. The molecule has 0 amide bonds. The summed E-state index contributed by atoms with van der Waals surface area (Å²) in [5.41, 5.74) is 0.264. The van der Waals surface area contributed by atoms with E-state index in [1.165, 1.54) is 6.07 Å². The van der Waals surface area contributed by atoms with Crippen LogP contribution in [0.1, 0.15) is 13.8 Å². The molecule has 5 heteroatoms. The maximum atomic E-state index is 13.1. The number of hydrogen-bond acceptors (Lipinski definition) is 1. The monoisotopic (exact) mass is 254 g/mol. The molecule has 2 rings (SSSR count). The van der Waals surface area contributed by atoms with Crippen molar-refractivity contribution in [3.8, 4) is 0 Å². The van der Waals surface area contributed by atoms with E-state index in [9.17, 15) is 8.78 Å². The highest BCUT2D eigenvalue weighted by atomic mass is 32.1. The summed E-state index contributed by atoms with van der Waals surface area (Å²) in [5.74, 6) is -1.75. The van der Waals surface area contributed by atoms with Crippen LogP contribution >= 0.6 is 12.2 Å². The van der Waals surface area contributed by atoms with Gasteiger partial charge in [0.15, 0.2) is 16.7 Å². The van der Waals surface area contributed by atoms with E-state index in [1.807, 2.05) is 19.9 Å². The summed E-state index contributed by atoms with van der Waals surface area (Å²) in [6.07, 6.45) is 3.66. The fourth-order valence-corrected chi connectivity index (χ4v) is 1.97. The average Bonchev–Trinajstić information content (AvgIpc) is 2.21. The van der Waals surface area contributed by atoms with Gasteiger partial charge in [-0.1, -0.05) is 0 Å². The van der Waals surface area contributed by atoms with Gasteiger partial charge in [0, 0.05) is 12.3 Å². The normalized spacial score (nSPS) is 18.1. The molecule has 1 aromatic rings. The van der Waals surface area contributed by atoms with E-state index < -0.39 is 11.6 Å². The molecule has 17 heavy (non-hydrogen) atoms. The van der Waals surface area contributed by atoms with Crippen LogP contribution in [-0.2, 0) is 0 Å². The molecule has 1 aliphatic heterocycles. The first-order valence-corrected chi connectivity index (χ1v) is 5.56. The molecular weight excluding hydrogens is 242 g/mol. The summed E-state index contributed by atoms with van der Waals surface area (Å²) in [5, 5.41) is 3.55. The Balaban J connectivity index is 2.35. The fraction of sp³-hybridized carbons (Fsp3) is 0.250. The molecule has 0 spiro atoms. The predicted octanol–water partition coefficient (Wildman–Crippen LogP) is 2.95. The lowest BCUT2D eigenvalue weighted by atomic mass is 10.0. The topological polar surface area (TPSA) is 15.3 Å². The minimum absolute atomic E-state index is 0.230. The van der Waals surface area contributed by atoms with Crippen molar-refractivity contribution in [3.05, 3.63) is 42.1 Å². The first-order chi connectivity index (χ1) is 7.89. The highest BCUT2D eigenvalue weighted by Gasteiger charge is 2.24. The zero-order valence-electron chi connectivity index (χ0n) is 9.50. The molecule has 2 nitrogen and oxygen atoms in total. The van der Waals surface area contributed by atoms with Crippen molar-refractivity contribution in [1.29, 1.82) is 0 Å². The Kier molecular flexibility index (Phi) is 2.87. The summed E-state index contributed by atoms with van der Waals surface area (Å²) >= 11 is 5.18. The summed E-state index contributed by atoms with van der Waals surface area (Å²) in [4.78, 5) is 1.60. The summed E-state index contributed by atoms with van der Waals surface area (Å²) in [6, 6.07) is 3.68. The van der Waals surface area contributed by atoms with Gasteiger partial charge in [-0.05, 0) is 44.3 Å². The molecule has 0 saturated carbocycles. The summed E-state index contributed by atoms with van der Waals surface area (Å²) in [6.45, 7) is 3.94. The maximum Gasteiger partial charge on any atom is 0.178 e. The van der Waals surface area contributed by atoms with Crippen LogP contribution in [0, 0.1) is 11.6 Å². The number of nitrogens with zero attached hydrogens (tertiary/aromatic N) is 1. The van der Waals surface area contributed by atoms with Gasteiger partial charge in [0.05, 0.1) is 11.2 Å². The van der Waals surface area contributed by atoms with Gasteiger partial charge in [-0.25, -0.2) is 8.78 Å². The van der Waals surface area contributed by atoms with Gasteiger partial charge in [0.25, 0.3) is 0 Å². The predicted molar refractivity (Wildman–Crippen MR) is 67.8 cm³/mol.